The Kier molecular flexibility index (Phi) is 8.12. The Morgan fingerprint density at radius 1 is 0.354 bits per heavy atom. The lowest BCUT2D eigenvalue weighted by molar-refractivity contribution is 0.660. The number of hydrogen-bond acceptors (Lipinski definition) is 2. The lowest BCUT2D eigenvalue weighted by Crippen LogP contribution is -2.17. The van der Waals surface area contributed by atoms with E-state index >= 15 is 0 Å². The van der Waals surface area contributed by atoms with Crippen molar-refractivity contribution in [1.29, 1.82) is 0 Å². The molecule has 13 rings (SSSR count). The number of rotatable bonds is 5. The zero-order valence-electron chi connectivity index (χ0n) is 36.9. The summed E-state index contributed by atoms with van der Waals surface area (Å²) in [7, 11) is 0. The normalized spacial score (nSPS) is 13.0. The highest BCUT2D eigenvalue weighted by atomic mass is 16.3. The molecule has 2 nitrogen and oxygen atoms in total. The van der Waals surface area contributed by atoms with Crippen LogP contribution in [-0.4, -0.2) is 0 Å². The molecule has 2 heteroatoms. The molecule has 0 fully saturated rings. The Balaban J connectivity index is 0.977. The molecule has 0 unspecified atom stereocenters. The van der Waals surface area contributed by atoms with Crippen molar-refractivity contribution in [2.75, 3.05) is 4.90 Å². The lowest BCUT2D eigenvalue weighted by atomic mass is 9.80. The molecule has 1 aliphatic carbocycles. The molecule has 0 saturated carbocycles. The van der Waals surface area contributed by atoms with E-state index in [2.05, 4.69) is 227 Å². The van der Waals surface area contributed by atoms with Crippen LogP contribution in [0.4, 0.5) is 17.1 Å². The highest BCUT2D eigenvalue weighted by Gasteiger charge is 2.37. The first-order chi connectivity index (χ1) is 31.8. The largest absolute Gasteiger partial charge is 0.456 e. The van der Waals surface area contributed by atoms with E-state index in [1.54, 1.807) is 0 Å². The second kappa shape index (κ2) is 14.0. The number of nitrogens with zero attached hydrogens (tertiary/aromatic N) is 1. The van der Waals surface area contributed by atoms with E-state index in [1.165, 1.54) is 105 Å². The predicted molar refractivity (Wildman–Crippen MR) is 276 cm³/mol. The summed E-state index contributed by atoms with van der Waals surface area (Å²) in [6.45, 7) is 9.24. The van der Waals surface area contributed by atoms with Crippen LogP contribution in [0.5, 0.6) is 0 Å². The van der Waals surface area contributed by atoms with Crippen LogP contribution in [0.3, 0.4) is 0 Å². The van der Waals surface area contributed by atoms with E-state index in [0.717, 1.165) is 33.2 Å². The molecule has 308 valence electrons. The minimum absolute atomic E-state index is 0.263. The fourth-order valence-electron chi connectivity index (χ4n) is 11.3. The molecule has 1 heterocycles. The van der Waals surface area contributed by atoms with E-state index in [0.29, 0.717) is 0 Å². The van der Waals surface area contributed by atoms with Gasteiger partial charge in [-0.1, -0.05) is 166 Å². The Labute approximate surface area is 378 Å². The van der Waals surface area contributed by atoms with Crippen molar-refractivity contribution in [3.05, 3.63) is 222 Å². The van der Waals surface area contributed by atoms with Crippen LogP contribution < -0.4 is 4.90 Å². The topological polar surface area (TPSA) is 16.4 Å². The Hall–Kier alpha value is -7.94. The molecule has 65 heavy (non-hydrogen) atoms. The fourth-order valence-corrected chi connectivity index (χ4v) is 11.3. The molecule has 12 aromatic rings. The molecule has 0 atom stereocenters. The molecule has 11 aromatic carbocycles. The average Bonchev–Trinajstić information content (AvgIpc) is 3.82. The second-order valence-corrected chi connectivity index (χ2v) is 18.5. The third-order valence-corrected chi connectivity index (χ3v) is 14.5. The first kappa shape index (κ1) is 37.6. The van der Waals surface area contributed by atoms with E-state index in [9.17, 15) is 0 Å². The van der Waals surface area contributed by atoms with E-state index < -0.39 is 0 Å². The van der Waals surface area contributed by atoms with Gasteiger partial charge < -0.3 is 9.32 Å². The molecule has 0 radical (unpaired) electrons. The number of fused-ring (bicyclic) bond motifs is 10. The minimum atomic E-state index is -0.263. The van der Waals surface area contributed by atoms with Crippen LogP contribution >= 0.6 is 0 Å². The number of benzene rings is 11. The zero-order valence-corrected chi connectivity index (χ0v) is 36.9. The Morgan fingerprint density at radius 3 is 1.35 bits per heavy atom. The van der Waals surface area contributed by atoms with Crippen molar-refractivity contribution in [1.82, 2.24) is 0 Å². The standard InChI is InChI=1S/C63H45NO/c1-38-25-33-57(47-17-7-5-15-43(38)47)64(58-34-26-39(2)44-16-6-8-18-48(44)58)42-29-32-46-45-30-27-40(35-55(45)63(3,4)56(46)37-42)61-51-20-9-11-22-53(51)62(54-23-12-10-21-52(54)61)41-28-31-50-49-19-13-14-24-59(49)65-60(50)36-41/h5-37H,1-4H3. The van der Waals surface area contributed by atoms with Crippen LogP contribution in [-0.2, 0) is 5.41 Å². The van der Waals surface area contributed by atoms with E-state index in [4.69, 9.17) is 4.42 Å². The monoisotopic (exact) mass is 831 g/mol. The molecular formula is C63H45NO. The fraction of sp³-hybridized carbons (Fsp3) is 0.0794. The van der Waals surface area contributed by atoms with Gasteiger partial charge in [-0.25, -0.2) is 0 Å². The summed E-state index contributed by atoms with van der Waals surface area (Å²) in [6, 6.07) is 74.2. The predicted octanol–water partition coefficient (Wildman–Crippen LogP) is 17.9. The maximum absolute atomic E-state index is 6.43. The molecule has 1 aromatic heterocycles. The molecule has 1 aliphatic rings. The van der Waals surface area contributed by atoms with Crippen LogP contribution in [0.15, 0.2) is 205 Å². The number of para-hydroxylation sites is 1. The van der Waals surface area contributed by atoms with Crippen LogP contribution in [0, 0.1) is 13.8 Å². The average molecular weight is 832 g/mol. The molecule has 0 aliphatic heterocycles. The minimum Gasteiger partial charge on any atom is -0.456 e. The van der Waals surface area contributed by atoms with Crippen LogP contribution in [0.2, 0.25) is 0 Å². The molecule has 0 amide bonds. The SMILES string of the molecule is Cc1ccc(N(c2ccc3c(c2)C(C)(C)c2cc(-c4c5ccccc5c(-c5ccc6c(c5)oc5ccccc56)c5ccccc45)ccc2-3)c2ccc(C)c3ccccc23)c2ccccc12. The van der Waals surface area contributed by atoms with Crippen LogP contribution in [0.25, 0.3) is 98.4 Å². The number of hydrogen-bond donors (Lipinski definition) is 0. The zero-order chi connectivity index (χ0) is 43.6. The van der Waals surface area contributed by atoms with Gasteiger partial charge in [-0.3, -0.25) is 0 Å². The Bertz CT molecular complexity index is 3820. The summed E-state index contributed by atoms with van der Waals surface area (Å²) in [5, 5.41) is 12.3. The first-order valence-electron chi connectivity index (χ1n) is 22.8. The maximum atomic E-state index is 6.43. The third-order valence-electron chi connectivity index (χ3n) is 14.5. The summed E-state index contributed by atoms with van der Waals surface area (Å²) >= 11 is 0. The van der Waals surface area contributed by atoms with Gasteiger partial charge in [0.1, 0.15) is 11.2 Å². The van der Waals surface area contributed by atoms with Gasteiger partial charge in [0.15, 0.2) is 0 Å². The highest BCUT2D eigenvalue weighted by molar-refractivity contribution is 6.22. The van der Waals surface area contributed by atoms with Crippen molar-refractivity contribution in [3.8, 4) is 33.4 Å². The summed E-state index contributed by atoms with van der Waals surface area (Å²) in [6.07, 6.45) is 0. The molecule has 0 spiro atoms. The van der Waals surface area contributed by atoms with E-state index in [1.807, 2.05) is 6.07 Å². The number of aryl methyl sites for hydroxylation is 2. The van der Waals surface area contributed by atoms with E-state index in [-0.39, 0.29) is 5.41 Å². The molecule has 0 N–H and O–H groups in total. The van der Waals surface area contributed by atoms with Crippen molar-refractivity contribution in [2.24, 2.45) is 0 Å². The summed E-state index contributed by atoms with van der Waals surface area (Å²) < 4.78 is 6.43. The highest BCUT2D eigenvalue weighted by Crippen LogP contribution is 2.54. The van der Waals surface area contributed by atoms with Crippen molar-refractivity contribution < 1.29 is 4.42 Å². The van der Waals surface area contributed by atoms with Crippen molar-refractivity contribution in [3.63, 3.8) is 0 Å². The van der Waals surface area contributed by atoms with Gasteiger partial charge in [-0.15, -0.1) is 0 Å². The lowest BCUT2D eigenvalue weighted by Gasteiger charge is -2.30. The molecule has 0 bridgehead atoms. The molecular weight excluding hydrogens is 787 g/mol. The van der Waals surface area contributed by atoms with Crippen molar-refractivity contribution >= 4 is 82.1 Å². The summed E-state index contributed by atoms with van der Waals surface area (Å²) in [4.78, 5) is 2.50. The maximum Gasteiger partial charge on any atom is 0.136 e. The summed E-state index contributed by atoms with van der Waals surface area (Å²) in [5.41, 5.74) is 17.8. The van der Waals surface area contributed by atoms with Gasteiger partial charge >= 0.3 is 0 Å². The first-order valence-corrected chi connectivity index (χ1v) is 22.8. The smallest absolute Gasteiger partial charge is 0.136 e. The number of anilines is 3. The Morgan fingerprint density at radius 2 is 0.785 bits per heavy atom. The second-order valence-electron chi connectivity index (χ2n) is 18.5. The van der Waals surface area contributed by atoms with Crippen LogP contribution in [0.1, 0.15) is 36.1 Å². The van der Waals surface area contributed by atoms with Gasteiger partial charge in [0, 0.05) is 32.6 Å². The molecule has 0 saturated heterocycles. The van der Waals surface area contributed by atoms with Gasteiger partial charge in [0.25, 0.3) is 0 Å². The summed E-state index contributed by atoms with van der Waals surface area (Å²) in [5.74, 6) is 0. The van der Waals surface area contributed by atoms with Gasteiger partial charge in [0.2, 0.25) is 0 Å². The van der Waals surface area contributed by atoms with Gasteiger partial charge in [-0.2, -0.15) is 0 Å². The number of furan rings is 1. The van der Waals surface area contributed by atoms with Gasteiger partial charge in [-0.05, 0) is 150 Å². The quantitative estimate of drug-likeness (QED) is 0.161. The van der Waals surface area contributed by atoms with Gasteiger partial charge in [0.05, 0.1) is 11.4 Å². The van der Waals surface area contributed by atoms with Crippen molar-refractivity contribution in [2.45, 2.75) is 33.1 Å². The third kappa shape index (κ3) is 5.53.